The van der Waals surface area contributed by atoms with Crippen molar-refractivity contribution in [3.05, 3.63) is 0 Å². The quantitative estimate of drug-likeness (QED) is 0.729. The summed E-state index contributed by atoms with van der Waals surface area (Å²) in [6.45, 7) is 10.5. The highest BCUT2D eigenvalue weighted by Gasteiger charge is 2.57. The SMILES string of the molecule is CCCN(CC)CCNC(=O)C1CC12CCNCC2. The van der Waals surface area contributed by atoms with E-state index in [4.69, 9.17) is 0 Å². The molecule has 0 bridgehead atoms. The smallest absolute Gasteiger partial charge is 0.223 e. The first-order chi connectivity index (χ1) is 9.22. The Hall–Kier alpha value is -0.610. The van der Waals surface area contributed by atoms with Crippen molar-refractivity contribution in [3.8, 4) is 0 Å². The number of nitrogens with zero attached hydrogens (tertiary/aromatic N) is 1. The summed E-state index contributed by atoms with van der Waals surface area (Å²) in [5, 5.41) is 6.52. The zero-order chi connectivity index (χ0) is 13.7. The van der Waals surface area contributed by atoms with Crippen molar-refractivity contribution < 1.29 is 4.79 Å². The number of hydrogen-bond donors (Lipinski definition) is 2. The highest BCUT2D eigenvalue weighted by molar-refractivity contribution is 5.82. The minimum absolute atomic E-state index is 0.300. The van der Waals surface area contributed by atoms with Crippen molar-refractivity contribution >= 4 is 5.91 Å². The molecule has 1 spiro atoms. The number of likely N-dealkylation sites (N-methyl/N-ethyl adjacent to an activating group) is 1. The van der Waals surface area contributed by atoms with Gasteiger partial charge in [0.15, 0.2) is 0 Å². The Labute approximate surface area is 117 Å². The minimum atomic E-state index is 0.300. The van der Waals surface area contributed by atoms with Gasteiger partial charge in [-0.3, -0.25) is 4.79 Å². The van der Waals surface area contributed by atoms with Crippen LogP contribution in [0.5, 0.6) is 0 Å². The molecule has 2 N–H and O–H groups in total. The van der Waals surface area contributed by atoms with E-state index in [1.165, 1.54) is 19.3 Å². The van der Waals surface area contributed by atoms with Crippen molar-refractivity contribution in [3.63, 3.8) is 0 Å². The summed E-state index contributed by atoms with van der Waals surface area (Å²) in [6.07, 6.45) is 4.66. The third kappa shape index (κ3) is 3.69. The minimum Gasteiger partial charge on any atom is -0.355 e. The second-order valence-electron chi connectivity index (χ2n) is 6.09. The third-order valence-electron chi connectivity index (χ3n) is 4.82. The van der Waals surface area contributed by atoms with Crippen LogP contribution in [0, 0.1) is 11.3 Å². The van der Waals surface area contributed by atoms with Gasteiger partial charge in [0, 0.05) is 19.0 Å². The molecule has 4 heteroatoms. The lowest BCUT2D eigenvalue weighted by Crippen LogP contribution is -2.38. The van der Waals surface area contributed by atoms with Crippen molar-refractivity contribution in [1.29, 1.82) is 0 Å². The lowest BCUT2D eigenvalue weighted by Gasteiger charge is -2.23. The Kier molecular flexibility index (Phi) is 5.22. The second-order valence-corrected chi connectivity index (χ2v) is 6.09. The fraction of sp³-hybridized carbons (Fsp3) is 0.933. The molecule has 2 rings (SSSR count). The van der Waals surface area contributed by atoms with E-state index in [9.17, 15) is 4.79 Å². The van der Waals surface area contributed by atoms with Crippen LogP contribution in [0.15, 0.2) is 0 Å². The second kappa shape index (κ2) is 6.71. The van der Waals surface area contributed by atoms with Crippen LogP contribution in [0.3, 0.4) is 0 Å². The van der Waals surface area contributed by atoms with Crippen LogP contribution in [0.25, 0.3) is 0 Å². The maximum atomic E-state index is 12.2. The highest BCUT2D eigenvalue weighted by atomic mass is 16.2. The van der Waals surface area contributed by atoms with Crippen LogP contribution in [0.2, 0.25) is 0 Å². The average molecular weight is 267 g/mol. The Morgan fingerprint density at radius 3 is 2.68 bits per heavy atom. The van der Waals surface area contributed by atoms with Gasteiger partial charge in [-0.05, 0) is 57.3 Å². The van der Waals surface area contributed by atoms with E-state index >= 15 is 0 Å². The van der Waals surface area contributed by atoms with Gasteiger partial charge in [0.2, 0.25) is 5.91 Å². The van der Waals surface area contributed by atoms with Crippen LogP contribution < -0.4 is 10.6 Å². The molecule has 0 radical (unpaired) electrons. The molecule has 1 unspecified atom stereocenters. The normalized spacial score (nSPS) is 24.7. The van der Waals surface area contributed by atoms with Gasteiger partial charge in [-0.2, -0.15) is 0 Å². The lowest BCUT2D eigenvalue weighted by atomic mass is 9.92. The number of hydrogen-bond acceptors (Lipinski definition) is 3. The van der Waals surface area contributed by atoms with Gasteiger partial charge in [-0.25, -0.2) is 0 Å². The van der Waals surface area contributed by atoms with Gasteiger partial charge >= 0.3 is 0 Å². The van der Waals surface area contributed by atoms with Gasteiger partial charge in [-0.15, -0.1) is 0 Å². The summed E-state index contributed by atoms with van der Waals surface area (Å²) >= 11 is 0. The van der Waals surface area contributed by atoms with Gasteiger partial charge in [0.1, 0.15) is 0 Å². The zero-order valence-electron chi connectivity index (χ0n) is 12.5. The molecular formula is C15H29N3O. The lowest BCUT2D eigenvalue weighted by molar-refractivity contribution is -0.123. The average Bonchev–Trinajstić information content (AvgIpc) is 3.12. The first kappa shape index (κ1) is 14.8. The van der Waals surface area contributed by atoms with E-state index in [1.54, 1.807) is 0 Å². The van der Waals surface area contributed by atoms with Crippen LogP contribution in [-0.2, 0) is 4.79 Å². The summed E-state index contributed by atoms with van der Waals surface area (Å²) in [7, 11) is 0. The summed E-state index contributed by atoms with van der Waals surface area (Å²) in [5.41, 5.74) is 0.364. The Balaban J connectivity index is 1.65. The standard InChI is InChI=1S/C15H29N3O/c1-3-10-18(4-2)11-9-17-14(19)13-12-15(13)5-7-16-8-6-15/h13,16H,3-12H2,1-2H3,(H,17,19). The summed E-state index contributed by atoms with van der Waals surface area (Å²) in [6, 6.07) is 0. The summed E-state index contributed by atoms with van der Waals surface area (Å²) < 4.78 is 0. The molecule has 1 aliphatic heterocycles. The fourth-order valence-electron chi connectivity index (χ4n) is 3.40. The van der Waals surface area contributed by atoms with Gasteiger partial charge in [-0.1, -0.05) is 13.8 Å². The van der Waals surface area contributed by atoms with Crippen LogP contribution in [0.4, 0.5) is 0 Å². The summed E-state index contributed by atoms with van der Waals surface area (Å²) in [5.74, 6) is 0.602. The number of rotatable bonds is 7. The summed E-state index contributed by atoms with van der Waals surface area (Å²) in [4.78, 5) is 14.6. The Morgan fingerprint density at radius 2 is 2.05 bits per heavy atom. The number of nitrogens with one attached hydrogen (secondary N) is 2. The Morgan fingerprint density at radius 1 is 1.32 bits per heavy atom. The topological polar surface area (TPSA) is 44.4 Å². The van der Waals surface area contributed by atoms with E-state index in [0.717, 1.165) is 45.7 Å². The van der Waals surface area contributed by atoms with Crippen molar-refractivity contribution in [2.24, 2.45) is 11.3 Å². The largest absolute Gasteiger partial charge is 0.355 e. The molecule has 4 nitrogen and oxygen atoms in total. The van der Waals surface area contributed by atoms with E-state index in [1.807, 2.05) is 0 Å². The number of amides is 1. The molecule has 1 amide bonds. The van der Waals surface area contributed by atoms with Crippen molar-refractivity contribution in [2.45, 2.75) is 39.5 Å². The molecule has 1 atom stereocenters. The molecule has 1 saturated heterocycles. The molecule has 0 aromatic rings. The molecule has 2 aliphatic rings. The first-order valence-corrected chi connectivity index (χ1v) is 7.92. The number of carbonyl (C=O) groups is 1. The molecule has 2 fully saturated rings. The number of carbonyl (C=O) groups excluding carboxylic acids is 1. The van der Waals surface area contributed by atoms with E-state index in [-0.39, 0.29) is 0 Å². The molecule has 1 saturated carbocycles. The van der Waals surface area contributed by atoms with Crippen LogP contribution >= 0.6 is 0 Å². The highest BCUT2D eigenvalue weighted by Crippen LogP contribution is 2.58. The molecule has 0 aromatic carbocycles. The van der Waals surface area contributed by atoms with Crippen LogP contribution in [-0.4, -0.2) is 50.1 Å². The first-order valence-electron chi connectivity index (χ1n) is 7.92. The Bertz CT molecular complexity index is 300. The fourth-order valence-corrected chi connectivity index (χ4v) is 3.40. The molecule has 110 valence electrons. The maximum absolute atomic E-state index is 12.2. The number of piperidine rings is 1. The van der Waals surface area contributed by atoms with Crippen molar-refractivity contribution in [1.82, 2.24) is 15.5 Å². The zero-order valence-corrected chi connectivity index (χ0v) is 12.5. The third-order valence-corrected chi connectivity index (χ3v) is 4.82. The molecule has 19 heavy (non-hydrogen) atoms. The van der Waals surface area contributed by atoms with Crippen LogP contribution in [0.1, 0.15) is 39.5 Å². The van der Waals surface area contributed by atoms with E-state index < -0.39 is 0 Å². The molecule has 1 heterocycles. The predicted octanol–water partition coefficient (Wildman–Crippen LogP) is 1.22. The maximum Gasteiger partial charge on any atom is 0.223 e. The molecule has 1 aliphatic carbocycles. The monoisotopic (exact) mass is 267 g/mol. The van der Waals surface area contributed by atoms with Crippen molar-refractivity contribution in [2.75, 3.05) is 39.3 Å². The van der Waals surface area contributed by atoms with Gasteiger partial charge < -0.3 is 15.5 Å². The van der Waals surface area contributed by atoms with Gasteiger partial charge in [0.25, 0.3) is 0 Å². The predicted molar refractivity (Wildman–Crippen MR) is 78.1 cm³/mol. The van der Waals surface area contributed by atoms with E-state index in [0.29, 0.717) is 17.2 Å². The molecular weight excluding hydrogens is 238 g/mol. The van der Waals surface area contributed by atoms with E-state index in [2.05, 4.69) is 29.4 Å². The molecule has 0 aromatic heterocycles. The van der Waals surface area contributed by atoms with Gasteiger partial charge in [0.05, 0.1) is 0 Å².